The Morgan fingerprint density at radius 2 is 2.20 bits per heavy atom. The number of aryl methyl sites for hydroxylation is 3. The molecule has 0 bridgehead atoms. The van der Waals surface area contributed by atoms with Crippen LogP contribution in [0.25, 0.3) is 11.6 Å². The van der Waals surface area contributed by atoms with E-state index in [1.54, 1.807) is 6.20 Å². The van der Waals surface area contributed by atoms with Crippen molar-refractivity contribution in [3.8, 4) is 11.6 Å². The lowest BCUT2D eigenvalue weighted by atomic mass is 10.1. The third-order valence-electron chi connectivity index (χ3n) is 3.07. The van der Waals surface area contributed by atoms with Crippen molar-refractivity contribution in [2.75, 3.05) is 5.73 Å². The number of anilines is 1. The Bertz CT molecular complexity index is 716. The van der Waals surface area contributed by atoms with Crippen LogP contribution >= 0.6 is 0 Å². The topological polar surface area (TPSA) is 82.8 Å². The average Bonchev–Trinajstić information content (AvgIpc) is 3.05. The van der Waals surface area contributed by atoms with Crippen molar-refractivity contribution in [2.45, 2.75) is 12.8 Å². The van der Waals surface area contributed by atoms with E-state index in [0.717, 1.165) is 17.7 Å². The van der Waals surface area contributed by atoms with E-state index < -0.39 is 0 Å². The molecule has 0 radical (unpaired) electrons. The summed E-state index contributed by atoms with van der Waals surface area (Å²) in [6.07, 6.45) is 5.05. The summed E-state index contributed by atoms with van der Waals surface area (Å²) in [5.74, 6) is 1.81. The fraction of sp³-hybridized carbons (Fsp3) is 0.214. The molecule has 6 heteroatoms. The molecule has 0 spiro atoms. The van der Waals surface area contributed by atoms with Crippen molar-refractivity contribution in [1.29, 1.82) is 0 Å². The van der Waals surface area contributed by atoms with Crippen LogP contribution in [0.4, 0.5) is 5.69 Å². The number of hydrogen-bond acceptors (Lipinski definition) is 5. The first-order chi connectivity index (χ1) is 9.72. The fourth-order valence-corrected chi connectivity index (χ4v) is 2.03. The van der Waals surface area contributed by atoms with Gasteiger partial charge in [0.25, 0.3) is 0 Å². The van der Waals surface area contributed by atoms with Gasteiger partial charge in [0.15, 0.2) is 5.82 Å². The number of rotatable bonds is 4. The maximum absolute atomic E-state index is 5.75. The van der Waals surface area contributed by atoms with E-state index in [9.17, 15) is 0 Å². The van der Waals surface area contributed by atoms with Crippen LogP contribution < -0.4 is 5.73 Å². The van der Waals surface area contributed by atoms with Gasteiger partial charge in [0, 0.05) is 31.5 Å². The molecule has 3 rings (SSSR count). The highest BCUT2D eigenvalue weighted by Crippen LogP contribution is 2.14. The lowest BCUT2D eigenvalue weighted by Gasteiger charge is -1.99. The Morgan fingerprint density at radius 3 is 2.95 bits per heavy atom. The zero-order chi connectivity index (χ0) is 13.9. The van der Waals surface area contributed by atoms with Gasteiger partial charge in [0.1, 0.15) is 0 Å². The molecule has 1 aromatic carbocycles. The Balaban J connectivity index is 1.70. The molecule has 2 heterocycles. The molecule has 0 amide bonds. The second kappa shape index (κ2) is 5.16. The summed E-state index contributed by atoms with van der Waals surface area (Å²) >= 11 is 0. The van der Waals surface area contributed by atoms with Crippen molar-refractivity contribution in [2.24, 2.45) is 7.05 Å². The third-order valence-corrected chi connectivity index (χ3v) is 3.07. The molecule has 0 saturated carbocycles. The predicted octanol–water partition coefficient (Wildman–Crippen LogP) is 1.84. The van der Waals surface area contributed by atoms with Crippen molar-refractivity contribution >= 4 is 5.69 Å². The second-order valence-corrected chi connectivity index (χ2v) is 4.62. The van der Waals surface area contributed by atoms with E-state index in [1.165, 1.54) is 0 Å². The van der Waals surface area contributed by atoms with E-state index in [-0.39, 0.29) is 0 Å². The molecule has 0 aliphatic heterocycles. The summed E-state index contributed by atoms with van der Waals surface area (Å²) in [4.78, 5) is 8.55. The van der Waals surface area contributed by atoms with Gasteiger partial charge in [-0.15, -0.1) is 0 Å². The Morgan fingerprint density at radius 1 is 1.30 bits per heavy atom. The normalized spacial score (nSPS) is 10.8. The van der Waals surface area contributed by atoms with Crippen LogP contribution in [-0.4, -0.2) is 19.7 Å². The lowest BCUT2D eigenvalue weighted by molar-refractivity contribution is 0.378. The van der Waals surface area contributed by atoms with Gasteiger partial charge in [0.2, 0.25) is 11.7 Å². The van der Waals surface area contributed by atoms with Crippen LogP contribution in [0.2, 0.25) is 0 Å². The molecule has 0 fully saturated rings. The molecule has 2 aromatic heterocycles. The molecule has 0 saturated heterocycles. The molecule has 20 heavy (non-hydrogen) atoms. The molecule has 6 nitrogen and oxygen atoms in total. The fourth-order valence-electron chi connectivity index (χ4n) is 2.03. The van der Waals surface area contributed by atoms with Gasteiger partial charge in [-0.3, -0.25) is 0 Å². The van der Waals surface area contributed by atoms with Gasteiger partial charge in [-0.1, -0.05) is 17.3 Å². The largest absolute Gasteiger partial charge is 0.399 e. The van der Waals surface area contributed by atoms with Gasteiger partial charge in [-0.25, -0.2) is 4.98 Å². The summed E-state index contributed by atoms with van der Waals surface area (Å²) in [6.45, 7) is 0. The number of nitrogens with zero attached hydrogens (tertiary/aromatic N) is 4. The molecule has 0 aliphatic rings. The number of imidazole rings is 1. The molecular weight excluding hydrogens is 254 g/mol. The first-order valence-electron chi connectivity index (χ1n) is 6.37. The summed E-state index contributed by atoms with van der Waals surface area (Å²) in [7, 11) is 1.89. The summed E-state index contributed by atoms with van der Waals surface area (Å²) < 4.78 is 7.10. The van der Waals surface area contributed by atoms with Crippen molar-refractivity contribution in [3.05, 3.63) is 48.1 Å². The highest BCUT2D eigenvalue weighted by molar-refractivity contribution is 5.42. The standard InChI is InChI=1S/C14H15N5O/c1-19-8-7-16-14(19)13-17-12(20-18-13)6-5-10-3-2-4-11(15)9-10/h2-4,7-9H,5-6,15H2,1H3. The first kappa shape index (κ1) is 12.4. The zero-order valence-electron chi connectivity index (χ0n) is 11.2. The maximum atomic E-state index is 5.75. The number of nitrogen functional groups attached to an aromatic ring is 1. The van der Waals surface area contributed by atoms with E-state index in [4.69, 9.17) is 10.3 Å². The summed E-state index contributed by atoms with van der Waals surface area (Å²) in [6, 6.07) is 7.80. The van der Waals surface area contributed by atoms with Crippen LogP contribution in [0.15, 0.2) is 41.2 Å². The van der Waals surface area contributed by atoms with E-state index >= 15 is 0 Å². The molecular formula is C14H15N5O. The molecule has 0 atom stereocenters. The van der Waals surface area contributed by atoms with Crippen molar-refractivity contribution in [1.82, 2.24) is 19.7 Å². The SMILES string of the molecule is Cn1ccnc1-c1noc(CCc2cccc(N)c2)n1. The Kier molecular flexibility index (Phi) is 3.20. The number of benzene rings is 1. The molecule has 102 valence electrons. The second-order valence-electron chi connectivity index (χ2n) is 4.62. The number of aromatic nitrogens is 4. The van der Waals surface area contributed by atoms with E-state index in [2.05, 4.69) is 15.1 Å². The lowest BCUT2D eigenvalue weighted by Crippen LogP contribution is -1.95. The molecule has 3 aromatic rings. The van der Waals surface area contributed by atoms with Crippen LogP contribution in [0, 0.1) is 0 Å². The minimum absolute atomic E-state index is 0.514. The smallest absolute Gasteiger partial charge is 0.238 e. The average molecular weight is 269 g/mol. The van der Waals surface area contributed by atoms with E-state index in [1.807, 2.05) is 42.1 Å². The first-order valence-corrected chi connectivity index (χ1v) is 6.37. The van der Waals surface area contributed by atoms with Crippen molar-refractivity contribution in [3.63, 3.8) is 0 Å². The third kappa shape index (κ3) is 2.54. The predicted molar refractivity (Wildman–Crippen MR) is 74.8 cm³/mol. The Hall–Kier alpha value is -2.63. The van der Waals surface area contributed by atoms with Gasteiger partial charge < -0.3 is 14.8 Å². The zero-order valence-corrected chi connectivity index (χ0v) is 11.2. The van der Waals surface area contributed by atoms with Gasteiger partial charge in [-0.2, -0.15) is 4.98 Å². The summed E-state index contributed by atoms with van der Waals surface area (Å²) in [5.41, 5.74) is 7.67. The van der Waals surface area contributed by atoms with Gasteiger partial charge in [-0.05, 0) is 24.1 Å². The number of nitrogens with two attached hydrogens (primary N) is 1. The van der Waals surface area contributed by atoms with E-state index in [0.29, 0.717) is 24.0 Å². The van der Waals surface area contributed by atoms with Crippen LogP contribution in [0.5, 0.6) is 0 Å². The quantitative estimate of drug-likeness (QED) is 0.731. The van der Waals surface area contributed by atoms with Gasteiger partial charge in [0.05, 0.1) is 0 Å². The van der Waals surface area contributed by atoms with Crippen LogP contribution in [0.3, 0.4) is 0 Å². The minimum Gasteiger partial charge on any atom is -0.399 e. The highest BCUT2D eigenvalue weighted by Gasteiger charge is 2.12. The maximum Gasteiger partial charge on any atom is 0.238 e. The molecule has 0 aliphatic carbocycles. The monoisotopic (exact) mass is 269 g/mol. The van der Waals surface area contributed by atoms with Crippen LogP contribution in [0.1, 0.15) is 11.5 Å². The van der Waals surface area contributed by atoms with Crippen molar-refractivity contribution < 1.29 is 4.52 Å². The Labute approximate surface area is 116 Å². The minimum atomic E-state index is 0.514. The highest BCUT2D eigenvalue weighted by atomic mass is 16.5. The van der Waals surface area contributed by atoms with Gasteiger partial charge >= 0.3 is 0 Å². The molecule has 2 N–H and O–H groups in total. The number of hydrogen-bond donors (Lipinski definition) is 1. The molecule has 0 unspecified atom stereocenters. The summed E-state index contributed by atoms with van der Waals surface area (Å²) in [5, 5.41) is 3.96. The van der Waals surface area contributed by atoms with Crippen LogP contribution in [-0.2, 0) is 19.9 Å².